The van der Waals surface area contributed by atoms with Crippen LogP contribution in [0.1, 0.15) is 50.0 Å². The number of aromatic nitrogens is 3. The van der Waals surface area contributed by atoms with Crippen molar-refractivity contribution in [3.05, 3.63) is 35.8 Å². The molecular weight excluding hydrogens is 332 g/mol. The molecule has 1 aliphatic carbocycles. The monoisotopic (exact) mass is 360 g/mol. The number of hydrogen-bond acceptors (Lipinski definition) is 5. The zero-order chi connectivity index (χ0) is 18.6. The first-order chi connectivity index (χ1) is 12.5. The number of guanidine groups is 1. The maximum atomic E-state index is 10.7. The molecule has 0 spiro atoms. The Morgan fingerprint density at radius 3 is 2.81 bits per heavy atom. The number of nitrogens with one attached hydrogen (secondary N) is 2. The summed E-state index contributed by atoms with van der Waals surface area (Å²) in [6, 6.07) is 3.95. The third-order valence-electron chi connectivity index (χ3n) is 4.91. The third-order valence-corrected chi connectivity index (χ3v) is 4.91. The fourth-order valence-corrected chi connectivity index (χ4v) is 3.08. The van der Waals surface area contributed by atoms with Gasteiger partial charge in [0.05, 0.1) is 12.8 Å². The summed E-state index contributed by atoms with van der Waals surface area (Å²) in [5.74, 6) is 2.85. The van der Waals surface area contributed by atoms with Gasteiger partial charge in [-0.05, 0) is 38.8 Å². The van der Waals surface area contributed by atoms with Gasteiger partial charge in [-0.1, -0.05) is 12.8 Å². The van der Waals surface area contributed by atoms with Gasteiger partial charge in [-0.2, -0.15) is 0 Å². The number of aryl methyl sites for hydroxylation is 1. The average Bonchev–Trinajstić information content (AvgIpc) is 3.36. The largest absolute Gasteiger partial charge is 0.466 e. The Morgan fingerprint density at radius 2 is 2.19 bits per heavy atom. The van der Waals surface area contributed by atoms with Gasteiger partial charge in [0.1, 0.15) is 23.7 Å². The van der Waals surface area contributed by atoms with Gasteiger partial charge in [0.2, 0.25) is 0 Å². The Kier molecular flexibility index (Phi) is 5.61. The van der Waals surface area contributed by atoms with Gasteiger partial charge in [0.25, 0.3) is 0 Å². The van der Waals surface area contributed by atoms with Gasteiger partial charge in [0.15, 0.2) is 11.8 Å². The van der Waals surface area contributed by atoms with E-state index in [0.717, 1.165) is 24.5 Å². The van der Waals surface area contributed by atoms with E-state index in [0.29, 0.717) is 24.3 Å². The van der Waals surface area contributed by atoms with Crippen LogP contribution in [0.2, 0.25) is 0 Å². The Labute approximate surface area is 153 Å². The number of aliphatic imine (C=N–C) groups is 1. The third kappa shape index (κ3) is 4.43. The Bertz CT molecular complexity index is 729. The Morgan fingerprint density at radius 1 is 1.42 bits per heavy atom. The van der Waals surface area contributed by atoms with Crippen LogP contribution in [0.5, 0.6) is 0 Å². The summed E-state index contributed by atoms with van der Waals surface area (Å²) in [6.07, 6.45) is 6.30. The van der Waals surface area contributed by atoms with Crippen LogP contribution < -0.4 is 10.6 Å². The molecule has 26 heavy (non-hydrogen) atoms. The molecule has 0 radical (unpaired) electrons. The summed E-state index contributed by atoms with van der Waals surface area (Å²) in [5, 5.41) is 25.6. The van der Waals surface area contributed by atoms with Crippen molar-refractivity contribution in [3.63, 3.8) is 0 Å². The zero-order valence-corrected chi connectivity index (χ0v) is 15.7. The lowest BCUT2D eigenvalue weighted by molar-refractivity contribution is 0.0385. The minimum absolute atomic E-state index is 0.289. The molecule has 1 saturated carbocycles. The SMILES string of the molecule is Cc1nnc(CN=C(NCC(C)(O)c2ccco2)NC2CCCC2)n1C. The minimum atomic E-state index is -1.12. The number of rotatable bonds is 6. The highest BCUT2D eigenvalue weighted by molar-refractivity contribution is 5.80. The van der Waals surface area contributed by atoms with Crippen LogP contribution in [0, 0.1) is 6.92 Å². The lowest BCUT2D eigenvalue weighted by Crippen LogP contribution is -2.47. The Balaban J connectivity index is 1.68. The van der Waals surface area contributed by atoms with Crippen molar-refractivity contribution in [1.29, 1.82) is 0 Å². The van der Waals surface area contributed by atoms with Crippen LogP contribution in [-0.2, 0) is 19.2 Å². The molecule has 1 unspecified atom stereocenters. The molecule has 0 saturated heterocycles. The molecule has 8 heteroatoms. The van der Waals surface area contributed by atoms with Gasteiger partial charge >= 0.3 is 0 Å². The van der Waals surface area contributed by atoms with E-state index in [1.165, 1.54) is 12.8 Å². The normalized spacial score (nSPS) is 18.1. The van der Waals surface area contributed by atoms with Gasteiger partial charge < -0.3 is 24.7 Å². The first-order valence-corrected chi connectivity index (χ1v) is 9.12. The van der Waals surface area contributed by atoms with Gasteiger partial charge in [-0.3, -0.25) is 0 Å². The molecule has 2 heterocycles. The smallest absolute Gasteiger partial charge is 0.192 e. The number of hydrogen-bond donors (Lipinski definition) is 3. The summed E-state index contributed by atoms with van der Waals surface area (Å²) < 4.78 is 7.27. The number of aliphatic hydroxyl groups is 1. The molecule has 142 valence electrons. The lowest BCUT2D eigenvalue weighted by atomic mass is 10.0. The molecule has 0 amide bonds. The second kappa shape index (κ2) is 7.90. The number of furan rings is 1. The van der Waals surface area contributed by atoms with Crippen LogP contribution >= 0.6 is 0 Å². The Hall–Kier alpha value is -2.35. The van der Waals surface area contributed by atoms with E-state index >= 15 is 0 Å². The van der Waals surface area contributed by atoms with E-state index in [1.54, 1.807) is 25.3 Å². The molecule has 1 aliphatic rings. The van der Waals surface area contributed by atoms with Crippen LogP contribution in [0.3, 0.4) is 0 Å². The zero-order valence-electron chi connectivity index (χ0n) is 15.7. The summed E-state index contributed by atoms with van der Waals surface area (Å²) in [7, 11) is 1.93. The summed E-state index contributed by atoms with van der Waals surface area (Å²) in [6.45, 7) is 4.34. The molecule has 0 aromatic carbocycles. The molecule has 2 aromatic rings. The highest BCUT2D eigenvalue weighted by atomic mass is 16.4. The summed E-state index contributed by atoms with van der Waals surface area (Å²) in [5.41, 5.74) is -1.12. The molecule has 0 aliphatic heterocycles. The van der Waals surface area contributed by atoms with E-state index < -0.39 is 5.60 Å². The van der Waals surface area contributed by atoms with E-state index in [9.17, 15) is 5.11 Å². The van der Waals surface area contributed by atoms with Crippen molar-refractivity contribution in [3.8, 4) is 0 Å². The molecule has 0 bridgehead atoms. The highest BCUT2D eigenvalue weighted by Gasteiger charge is 2.27. The molecule has 3 rings (SSSR count). The first kappa shape index (κ1) is 18.4. The first-order valence-electron chi connectivity index (χ1n) is 9.12. The topological polar surface area (TPSA) is 100 Å². The van der Waals surface area contributed by atoms with Crippen LogP contribution in [-0.4, -0.2) is 38.4 Å². The molecule has 1 fully saturated rings. The van der Waals surface area contributed by atoms with E-state index in [4.69, 9.17) is 4.42 Å². The van der Waals surface area contributed by atoms with Crippen molar-refractivity contribution < 1.29 is 9.52 Å². The van der Waals surface area contributed by atoms with E-state index in [1.807, 2.05) is 18.5 Å². The van der Waals surface area contributed by atoms with E-state index in [-0.39, 0.29) is 6.54 Å². The fourth-order valence-electron chi connectivity index (χ4n) is 3.08. The van der Waals surface area contributed by atoms with E-state index in [2.05, 4.69) is 25.8 Å². The second-order valence-corrected chi connectivity index (χ2v) is 7.12. The van der Waals surface area contributed by atoms with Crippen LogP contribution in [0.15, 0.2) is 27.8 Å². The molecule has 3 N–H and O–H groups in total. The van der Waals surface area contributed by atoms with Crippen molar-refractivity contribution in [2.24, 2.45) is 12.0 Å². The van der Waals surface area contributed by atoms with Crippen molar-refractivity contribution in [1.82, 2.24) is 25.4 Å². The lowest BCUT2D eigenvalue weighted by Gasteiger charge is -2.24. The van der Waals surface area contributed by atoms with Crippen molar-refractivity contribution >= 4 is 5.96 Å². The highest BCUT2D eigenvalue weighted by Crippen LogP contribution is 2.20. The molecule has 2 aromatic heterocycles. The maximum Gasteiger partial charge on any atom is 0.192 e. The fraction of sp³-hybridized carbons (Fsp3) is 0.611. The molecule has 8 nitrogen and oxygen atoms in total. The summed E-state index contributed by atoms with van der Waals surface area (Å²) in [4.78, 5) is 4.65. The van der Waals surface area contributed by atoms with Crippen molar-refractivity contribution in [2.75, 3.05) is 6.54 Å². The second-order valence-electron chi connectivity index (χ2n) is 7.12. The standard InChI is InChI=1S/C18H28N6O2/c1-13-22-23-16(24(13)3)11-19-17(21-14-7-4-5-8-14)20-12-18(2,25)15-9-6-10-26-15/h6,9-10,14,25H,4-5,7-8,11-12H2,1-3H3,(H2,19,20,21). The van der Waals surface area contributed by atoms with Crippen molar-refractivity contribution in [2.45, 2.75) is 57.7 Å². The summed E-state index contributed by atoms with van der Waals surface area (Å²) >= 11 is 0. The molecular formula is C18H28N6O2. The van der Waals surface area contributed by atoms with Gasteiger partial charge in [-0.25, -0.2) is 4.99 Å². The minimum Gasteiger partial charge on any atom is -0.466 e. The maximum absolute atomic E-state index is 10.7. The van der Waals surface area contributed by atoms with Crippen LogP contribution in [0.4, 0.5) is 0 Å². The van der Waals surface area contributed by atoms with Gasteiger partial charge in [-0.15, -0.1) is 10.2 Å². The number of nitrogens with zero attached hydrogens (tertiary/aromatic N) is 4. The quantitative estimate of drug-likeness (QED) is 0.534. The predicted octanol–water partition coefficient (Wildman–Crippen LogP) is 1.60. The molecule has 1 atom stereocenters. The van der Waals surface area contributed by atoms with Gasteiger partial charge in [0, 0.05) is 13.1 Å². The predicted molar refractivity (Wildman–Crippen MR) is 98.6 cm³/mol. The van der Waals surface area contributed by atoms with Crippen LogP contribution in [0.25, 0.3) is 0 Å². The average molecular weight is 360 g/mol.